The average molecular weight is 313 g/mol. The van der Waals surface area contributed by atoms with Gasteiger partial charge in [0.25, 0.3) is 0 Å². The molecule has 1 heterocycles. The van der Waals surface area contributed by atoms with Crippen LogP contribution < -0.4 is 5.73 Å². The Kier molecular flexibility index (Phi) is 6.23. The molecule has 2 unspecified atom stereocenters. The van der Waals surface area contributed by atoms with Crippen LogP contribution >= 0.6 is 0 Å². The van der Waals surface area contributed by atoms with Crippen molar-refractivity contribution in [3.05, 3.63) is 0 Å². The van der Waals surface area contributed by atoms with Crippen LogP contribution in [0.4, 0.5) is 4.79 Å². The molecule has 1 fully saturated rings. The summed E-state index contributed by atoms with van der Waals surface area (Å²) in [5, 5.41) is 0. The Morgan fingerprint density at radius 3 is 2.36 bits per heavy atom. The molecule has 0 aromatic rings. The zero-order valence-corrected chi connectivity index (χ0v) is 14.8. The predicted molar refractivity (Wildman–Crippen MR) is 86.5 cm³/mol. The molecular weight excluding hydrogens is 282 g/mol. The van der Waals surface area contributed by atoms with Crippen molar-refractivity contribution in [3.8, 4) is 0 Å². The standard InChI is InChI=1S/C16H31N3O3/c1-11(2)19(15(21)22-16(4,5)6)10-13-8-7-9-18(13)14(20)12(3)17/h11-13H,7-10,17H2,1-6H3. The van der Waals surface area contributed by atoms with Crippen molar-refractivity contribution < 1.29 is 14.3 Å². The fraction of sp³-hybridized carbons (Fsp3) is 0.875. The Balaban J connectivity index is 2.78. The van der Waals surface area contributed by atoms with Gasteiger partial charge in [0.2, 0.25) is 5.91 Å². The molecule has 2 amide bonds. The maximum absolute atomic E-state index is 12.4. The van der Waals surface area contributed by atoms with Crippen LogP contribution in [0.5, 0.6) is 0 Å². The number of carbonyl (C=O) groups is 2. The second kappa shape index (κ2) is 7.31. The first-order valence-electron chi connectivity index (χ1n) is 8.08. The highest BCUT2D eigenvalue weighted by atomic mass is 16.6. The lowest BCUT2D eigenvalue weighted by atomic mass is 10.1. The van der Waals surface area contributed by atoms with Crippen LogP contribution in [0.25, 0.3) is 0 Å². The molecule has 1 saturated heterocycles. The van der Waals surface area contributed by atoms with E-state index in [4.69, 9.17) is 10.5 Å². The fourth-order valence-corrected chi connectivity index (χ4v) is 2.62. The van der Waals surface area contributed by atoms with Crippen molar-refractivity contribution in [2.24, 2.45) is 5.73 Å². The summed E-state index contributed by atoms with van der Waals surface area (Å²) in [5.74, 6) is -0.0459. The van der Waals surface area contributed by atoms with Crippen LogP contribution in [0.2, 0.25) is 0 Å². The number of rotatable bonds is 4. The summed E-state index contributed by atoms with van der Waals surface area (Å²) in [4.78, 5) is 28.1. The molecule has 22 heavy (non-hydrogen) atoms. The Morgan fingerprint density at radius 1 is 1.32 bits per heavy atom. The van der Waals surface area contributed by atoms with E-state index in [1.807, 2.05) is 39.5 Å². The first kappa shape index (κ1) is 18.7. The minimum atomic E-state index is -0.527. The van der Waals surface area contributed by atoms with E-state index in [1.54, 1.807) is 11.8 Å². The highest BCUT2D eigenvalue weighted by Crippen LogP contribution is 2.21. The molecule has 0 bridgehead atoms. The number of likely N-dealkylation sites (tertiary alicyclic amines) is 1. The van der Waals surface area contributed by atoms with Crippen LogP contribution in [0.3, 0.4) is 0 Å². The molecule has 0 aromatic carbocycles. The molecule has 2 N–H and O–H groups in total. The number of amides is 2. The molecule has 1 rings (SSSR count). The van der Waals surface area contributed by atoms with Gasteiger partial charge in [-0.3, -0.25) is 4.79 Å². The molecule has 0 saturated carbocycles. The molecule has 0 aromatic heterocycles. The van der Waals surface area contributed by atoms with Gasteiger partial charge in [0, 0.05) is 25.2 Å². The topological polar surface area (TPSA) is 75.9 Å². The van der Waals surface area contributed by atoms with Crippen molar-refractivity contribution in [1.29, 1.82) is 0 Å². The third-order valence-corrected chi connectivity index (χ3v) is 3.71. The van der Waals surface area contributed by atoms with Gasteiger partial charge < -0.3 is 20.3 Å². The highest BCUT2D eigenvalue weighted by Gasteiger charge is 2.34. The van der Waals surface area contributed by atoms with Crippen molar-refractivity contribution in [3.63, 3.8) is 0 Å². The third kappa shape index (κ3) is 5.16. The Morgan fingerprint density at radius 2 is 1.91 bits per heavy atom. The summed E-state index contributed by atoms with van der Waals surface area (Å²) in [6.07, 6.45) is 1.51. The van der Waals surface area contributed by atoms with Gasteiger partial charge in [-0.25, -0.2) is 4.79 Å². The molecule has 0 spiro atoms. The summed E-state index contributed by atoms with van der Waals surface area (Å²) in [7, 11) is 0. The van der Waals surface area contributed by atoms with Crippen molar-refractivity contribution in [2.45, 2.75) is 78.1 Å². The van der Waals surface area contributed by atoms with Gasteiger partial charge in [0.05, 0.1) is 6.04 Å². The van der Waals surface area contributed by atoms with Crippen molar-refractivity contribution in [2.75, 3.05) is 13.1 Å². The largest absolute Gasteiger partial charge is 0.444 e. The summed E-state index contributed by atoms with van der Waals surface area (Å²) in [6, 6.07) is -0.467. The number of hydrogen-bond donors (Lipinski definition) is 1. The van der Waals surface area contributed by atoms with E-state index in [1.165, 1.54) is 0 Å². The molecule has 6 heteroatoms. The number of nitrogens with two attached hydrogens (primary N) is 1. The van der Waals surface area contributed by atoms with Gasteiger partial charge >= 0.3 is 6.09 Å². The van der Waals surface area contributed by atoms with Gasteiger partial charge in [-0.1, -0.05) is 0 Å². The van der Waals surface area contributed by atoms with Crippen LogP contribution in [-0.4, -0.2) is 58.6 Å². The van der Waals surface area contributed by atoms with E-state index in [2.05, 4.69) is 0 Å². The van der Waals surface area contributed by atoms with Gasteiger partial charge in [-0.2, -0.15) is 0 Å². The van der Waals surface area contributed by atoms with Gasteiger partial charge in [0.15, 0.2) is 0 Å². The van der Waals surface area contributed by atoms with Crippen LogP contribution in [0.1, 0.15) is 54.4 Å². The lowest BCUT2D eigenvalue weighted by Gasteiger charge is -2.35. The van der Waals surface area contributed by atoms with Gasteiger partial charge in [0.1, 0.15) is 5.60 Å². The first-order chi connectivity index (χ1) is 10.0. The quantitative estimate of drug-likeness (QED) is 0.861. The van der Waals surface area contributed by atoms with Gasteiger partial charge in [-0.15, -0.1) is 0 Å². The molecule has 128 valence electrons. The van der Waals surface area contributed by atoms with E-state index in [-0.39, 0.29) is 24.1 Å². The SMILES string of the molecule is CC(N)C(=O)N1CCCC1CN(C(=O)OC(C)(C)C)C(C)C. The number of nitrogens with zero attached hydrogens (tertiary/aromatic N) is 2. The number of hydrogen-bond acceptors (Lipinski definition) is 4. The summed E-state index contributed by atoms with van der Waals surface area (Å²) in [5.41, 5.74) is 5.19. The molecule has 0 radical (unpaired) electrons. The second-order valence-corrected chi connectivity index (χ2v) is 7.34. The summed E-state index contributed by atoms with van der Waals surface area (Å²) < 4.78 is 5.47. The molecule has 1 aliphatic heterocycles. The maximum Gasteiger partial charge on any atom is 0.410 e. The van der Waals surface area contributed by atoms with E-state index < -0.39 is 11.6 Å². The second-order valence-electron chi connectivity index (χ2n) is 7.34. The zero-order chi connectivity index (χ0) is 17.1. The average Bonchev–Trinajstić information content (AvgIpc) is 2.79. The molecule has 2 atom stereocenters. The Bertz CT molecular complexity index is 402. The van der Waals surface area contributed by atoms with E-state index >= 15 is 0 Å². The number of carbonyl (C=O) groups excluding carboxylic acids is 2. The zero-order valence-electron chi connectivity index (χ0n) is 14.8. The van der Waals surface area contributed by atoms with E-state index in [0.717, 1.165) is 12.8 Å². The van der Waals surface area contributed by atoms with Crippen molar-refractivity contribution in [1.82, 2.24) is 9.80 Å². The van der Waals surface area contributed by atoms with Crippen LogP contribution in [0, 0.1) is 0 Å². The number of ether oxygens (including phenoxy) is 1. The van der Waals surface area contributed by atoms with E-state index in [9.17, 15) is 9.59 Å². The monoisotopic (exact) mass is 313 g/mol. The minimum Gasteiger partial charge on any atom is -0.444 e. The summed E-state index contributed by atoms with van der Waals surface area (Å²) in [6.45, 7) is 12.4. The van der Waals surface area contributed by atoms with E-state index in [0.29, 0.717) is 13.1 Å². The molecular formula is C16H31N3O3. The predicted octanol–water partition coefficient (Wildman–Crippen LogP) is 1.97. The fourth-order valence-electron chi connectivity index (χ4n) is 2.62. The minimum absolute atomic E-state index is 0.0164. The third-order valence-electron chi connectivity index (χ3n) is 3.71. The highest BCUT2D eigenvalue weighted by molar-refractivity contribution is 5.81. The maximum atomic E-state index is 12.4. The van der Waals surface area contributed by atoms with Crippen LogP contribution in [-0.2, 0) is 9.53 Å². The molecule has 6 nitrogen and oxygen atoms in total. The lowest BCUT2D eigenvalue weighted by Crippen LogP contribution is -2.51. The smallest absolute Gasteiger partial charge is 0.410 e. The summed E-state index contributed by atoms with van der Waals surface area (Å²) >= 11 is 0. The molecule has 0 aliphatic carbocycles. The normalized spacial score (nSPS) is 20.2. The Labute approximate surface area is 134 Å². The Hall–Kier alpha value is -1.30. The van der Waals surface area contributed by atoms with Crippen LogP contribution in [0.15, 0.2) is 0 Å². The first-order valence-corrected chi connectivity index (χ1v) is 8.08. The lowest BCUT2D eigenvalue weighted by molar-refractivity contribution is -0.133. The molecule has 1 aliphatic rings. The van der Waals surface area contributed by atoms with Gasteiger partial charge in [-0.05, 0) is 54.4 Å². The van der Waals surface area contributed by atoms with Crippen molar-refractivity contribution >= 4 is 12.0 Å².